The van der Waals surface area contributed by atoms with Crippen molar-refractivity contribution < 1.29 is 30.0 Å². The van der Waals surface area contributed by atoms with Crippen molar-refractivity contribution in [3.8, 4) is 11.5 Å². The highest BCUT2D eigenvalue weighted by Gasteiger charge is 2.53. The molecule has 0 fully saturated rings. The van der Waals surface area contributed by atoms with E-state index < -0.39 is 88.2 Å². The molecular weight excluding hydrogens is 502 g/mol. The van der Waals surface area contributed by atoms with E-state index in [0.29, 0.717) is 5.56 Å². The van der Waals surface area contributed by atoms with E-state index in [-0.39, 0.29) is 29.2 Å². The molecule has 0 saturated heterocycles. The largest absolute Gasteiger partial charge is 0.510 e. The number of nitrogens with one attached hydrogen (secondary N) is 1. The molecule has 1 aromatic carbocycles. The van der Waals surface area contributed by atoms with Crippen molar-refractivity contribution in [1.82, 2.24) is 4.98 Å². The van der Waals surface area contributed by atoms with E-state index in [1.165, 1.54) is 6.07 Å². The molecule has 4 aliphatic carbocycles. The van der Waals surface area contributed by atoms with Gasteiger partial charge >= 0.3 is 5.97 Å². The third-order valence-electron chi connectivity index (χ3n) is 7.48. The topological polar surface area (TPSA) is 208 Å². The Labute approximate surface area is 207 Å². The minimum absolute atomic E-state index is 0.0749. The maximum atomic E-state index is 13.5. The molecule has 0 unspecified atom stereocenters. The highest BCUT2D eigenvalue weighted by atomic mass is 16.5. The summed E-state index contributed by atoms with van der Waals surface area (Å²) >= 11 is 0. The number of benzene rings is 1. The number of rotatable bonds is 2. The van der Waals surface area contributed by atoms with E-state index in [1.54, 1.807) is 0 Å². The van der Waals surface area contributed by atoms with Crippen molar-refractivity contribution in [1.29, 1.82) is 0 Å². The van der Waals surface area contributed by atoms with Gasteiger partial charge in [0, 0.05) is 11.6 Å². The second-order valence-electron chi connectivity index (χ2n) is 9.21. The molecular formula is C26H15NO11. The molecule has 1 aromatic heterocycles. The van der Waals surface area contributed by atoms with Crippen LogP contribution in [0.2, 0.25) is 0 Å². The van der Waals surface area contributed by atoms with Gasteiger partial charge in [0.1, 0.15) is 28.4 Å². The summed E-state index contributed by atoms with van der Waals surface area (Å²) in [7, 11) is 1.10. The first-order chi connectivity index (χ1) is 17.9. The molecule has 38 heavy (non-hydrogen) atoms. The number of aromatic carboxylic acids is 1. The number of ether oxygens (including phenoxy) is 1. The van der Waals surface area contributed by atoms with E-state index in [9.17, 15) is 49.2 Å². The van der Waals surface area contributed by atoms with Crippen molar-refractivity contribution >= 4 is 28.3 Å². The average Bonchev–Trinajstić information content (AvgIpc) is 3.36. The van der Waals surface area contributed by atoms with Crippen LogP contribution in [0.1, 0.15) is 28.0 Å². The van der Waals surface area contributed by atoms with Gasteiger partial charge in [-0.1, -0.05) is 6.07 Å². The molecule has 2 aromatic rings. The molecule has 5 N–H and O–H groups in total. The van der Waals surface area contributed by atoms with Crippen LogP contribution in [0.15, 0.2) is 42.2 Å². The van der Waals surface area contributed by atoms with Crippen molar-refractivity contribution in [2.24, 2.45) is 0 Å². The molecule has 0 saturated carbocycles. The number of aromatic nitrogens is 1. The minimum Gasteiger partial charge on any atom is -0.510 e. The second kappa shape index (κ2) is 7.16. The lowest BCUT2D eigenvalue weighted by atomic mass is 9.78. The lowest BCUT2D eigenvalue weighted by Crippen LogP contribution is -2.51. The van der Waals surface area contributed by atoms with Gasteiger partial charge < -0.3 is 30.1 Å². The van der Waals surface area contributed by atoms with Crippen LogP contribution in [0, 0.1) is 10.4 Å². The van der Waals surface area contributed by atoms with Gasteiger partial charge in [-0.25, -0.2) is 4.79 Å². The first-order valence-corrected chi connectivity index (χ1v) is 11.2. The Bertz CT molecular complexity index is 2290. The standard InChI is InChI=1S/C26H15NO11/c1-38-11-6-10(28)13-14(18(11)29)20(31)16-15(19(13)30)22(33)26(23(16)34)3-2-7-4-8-5-9(25(36)37)27-24(35)12(8)21(32)17(7)26/h4-6,32-34H,2-3H2,1H3,(H,27,35)(H,36,37)/t26-/m0/s1. The van der Waals surface area contributed by atoms with Crippen molar-refractivity contribution in [3.63, 3.8) is 0 Å². The number of aliphatic hydroxyl groups excluding tert-OH is 2. The summed E-state index contributed by atoms with van der Waals surface area (Å²) in [5.74, 6) is -4.22. The smallest absolute Gasteiger partial charge is 0.352 e. The van der Waals surface area contributed by atoms with Gasteiger partial charge in [-0.2, -0.15) is 0 Å². The van der Waals surface area contributed by atoms with Crippen LogP contribution in [0.4, 0.5) is 0 Å². The molecule has 190 valence electrons. The Kier molecular flexibility index (Phi) is 4.36. The lowest BCUT2D eigenvalue weighted by molar-refractivity contribution is 0.0690. The zero-order chi connectivity index (χ0) is 27.4. The van der Waals surface area contributed by atoms with E-state index in [2.05, 4.69) is 4.98 Å². The molecule has 0 bridgehead atoms. The Balaban J connectivity index is 1.82. The molecule has 0 radical (unpaired) electrons. The van der Waals surface area contributed by atoms with Crippen LogP contribution < -0.4 is 42.4 Å². The summed E-state index contributed by atoms with van der Waals surface area (Å²) in [6.45, 7) is 0. The molecule has 1 heterocycles. The first-order valence-electron chi connectivity index (χ1n) is 11.2. The minimum atomic E-state index is -2.03. The second-order valence-corrected chi connectivity index (χ2v) is 9.21. The average molecular weight is 517 g/mol. The Morgan fingerprint density at radius 1 is 0.895 bits per heavy atom. The van der Waals surface area contributed by atoms with Gasteiger partial charge in [-0.05, 0) is 29.9 Å². The maximum absolute atomic E-state index is 13.5. The summed E-state index contributed by atoms with van der Waals surface area (Å²) in [6.07, 6.45) is -0.0826. The number of phenolic OH excluding ortho intramolecular Hbond substituents is 1. The van der Waals surface area contributed by atoms with Crippen molar-refractivity contribution in [2.45, 2.75) is 18.3 Å². The Hall–Kier alpha value is -5.26. The predicted molar refractivity (Wildman–Crippen MR) is 130 cm³/mol. The van der Waals surface area contributed by atoms with E-state index in [0.717, 1.165) is 19.2 Å². The highest BCUT2D eigenvalue weighted by molar-refractivity contribution is 5.97. The summed E-state index contributed by atoms with van der Waals surface area (Å²) in [5.41, 5.74) is -7.62. The number of H-pyrrole nitrogens is 1. The number of hydrogen-bond donors (Lipinski definition) is 5. The normalized spacial score (nSPS) is 17.9. The van der Waals surface area contributed by atoms with Crippen LogP contribution in [-0.4, -0.2) is 38.5 Å². The number of aromatic amines is 1. The number of methoxy groups -OCH3 is 1. The molecule has 12 heteroatoms. The zero-order valence-electron chi connectivity index (χ0n) is 19.3. The number of hydrogen-bond acceptors (Lipinski definition) is 10. The van der Waals surface area contributed by atoms with Crippen molar-refractivity contribution in [3.05, 3.63) is 107 Å². The molecule has 12 nitrogen and oxygen atoms in total. The number of carbonyl (C=O) groups is 1. The van der Waals surface area contributed by atoms with E-state index in [4.69, 9.17) is 4.74 Å². The lowest BCUT2D eigenvalue weighted by Gasteiger charge is -2.27. The number of fused-ring (bicyclic) bond motifs is 4. The third kappa shape index (κ3) is 2.48. The van der Waals surface area contributed by atoms with Crippen LogP contribution in [0.5, 0.6) is 11.5 Å². The van der Waals surface area contributed by atoms with Gasteiger partial charge in [-0.3, -0.25) is 24.0 Å². The van der Waals surface area contributed by atoms with Gasteiger partial charge in [0.15, 0.2) is 11.2 Å². The predicted octanol–water partition coefficient (Wildman–Crippen LogP) is -1.79. The molecule has 0 aliphatic heterocycles. The third-order valence-corrected chi connectivity index (χ3v) is 7.48. The fourth-order valence-corrected chi connectivity index (χ4v) is 5.86. The number of aliphatic hydroxyl groups is 2. The molecule has 1 spiro atoms. The SMILES string of the molecule is COc1cc(=O)c2c(=O)c3c(c(=O)c=2c1=O)=C(O)[C@]1(CCc2cc4cc(C(=O)O)[nH]c(=O)c4c(O)c21)C=3O. The number of aromatic hydroxyl groups is 1. The quantitative estimate of drug-likeness (QED) is 0.201. The Morgan fingerprint density at radius 2 is 1.53 bits per heavy atom. The van der Waals surface area contributed by atoms with Gasteiger partial charge in [-0.15, -0.1) is 0 Å². The fraction of sp³-hybridized carbons (Fsp3) is 0.154. The maximum Gasteiger partial charge on any atom is 0.352 e. The number of carboxylic acids is 1. The van der Waals surface area contributed by atoms with Gasteiger partial charge in [0.25, 0.3) is 5.56 Å². The molecule has 1 atom stereocenters. The monoisotopic (exact) mass is 517 g/mol. The van der Waals surface area contributed by atoms with Crippen LogP contribution in [-0.2, 0) is 11.8 Å². The van der Waals surface area contributed by atoms with Gasteiger partial charge in [0.05, 0.1) is 33.4 Å². The summed E-state index contributed by atoms with van der Waals surface area (Å²) in [4.78, 5) is 78.6. The van der Waals surface area contributed by atoms with Gasteiger partial charge in [0.2, 0.25) is 16.3 Å². The van der Waals surface area contributed by atoms with Crippen molar-refractivity contribution in [2.75, 3.05) is 7.11 Å². The zero-order valence-corrected chi connectivity index (χ0v) is 19.3. The first kappa shape index (κ1) is 23.2. The summed E-state index contributed by atoms with van der Waals surface area (Å²) < 4.78 is 4.85. The fourth-order valence-electron chi connectivity index (χ4n) is 5.86. The highest BCUT2D eigenvalue weighted by Crippen LogP contribution is 2.54. The number of phenols is 1. The molecule has 0 amide bonds. The number of pyridine rings is 1. The number of carboxylic acid groups (broad SMARTS) is 1. The van der Waals surface area contributed by atoms with Crippen LogP contribution >= 0.6 is 0 Å². The Morgan fingerprint density at radius 3 is 2.13 bits per heavy atom. The van der Waals surface area contributed by atoms with Crippen LogP contribution in [0.3, 0.4) is 0 Å². The van der Waals surface area contributed by atoms with E-state index >= 15 is 0 Å². The number of aryl methyl sites for hydroxylation is 1. The van der Waals surface area contributed by atoms with E-state index in [1.807, 2.05) is 0 Å². The van der Waals surface area contributed by atoms with Crippen LogP contribution in [0.25, 0.3) is 22.3 Å². The summed E-state index contributed by atoms with van der Waals surface area (Å²) in [5, 5.41) is 40.0. The summed E-state index contributed by atoms with van der Waals surface area (Å²) in [6, 6.07) is 3.30. The molecule has 4 aliphatic rings. The molecule has 6 rings (SSSR count).